The summed E-state index contributed by atoms with van der Waals surface area (Å²) in [7, 11) is 1.92. The van der Waals surface area contributed by atoms with E-state index in [-0.39, 0.29) is 17.4 Å². The maximum absolute atomic E-state index is 12.9. The normalized spacial score (nSPS) is 26.2. The Bertz CT molecular complexity index is 541. The summed E-state index contributed by atoms with van der Waals surface area (Å²) in [5, 5.41) is 3.91. The highest BCUT2D eigenvalue weighted by molar-refractivity contribution is 5.96. The smallest absolute Gasteiger partial charge is 0.259 e. The summed E-state index contributed by atoms with van der Waals surface area (Å²) in [5.74, 6) is 0.637. The summed E-state index contributed by atoms with van der Waals surface area (Å²) in [4.78, 5) is 14.8. The Morgan fingerprint density at radius 1 is 1.41 bits per heavy atom. The van der Waals surface area contributed by atoms with E-state index in [1.165, 1.54) is 25.7 Å². The van der Waals surface area contributed by atoms with Crippen LogP contribution >= 0.6 is 0 Å². The van der Waals surface area contributed by atoms with Crippen LogP contribution in [0, 0.1) is 19.3 Å². The van der Waals surface area contributed by atoms with Gasteiger partial charge in [-0.1, -0.05) is 18.0 Å². The first-order valence-corrected chi connectivity index (χ1v) is 8.33. The molecule has 0 radical (unpaired) electrons. The fourth-order valence-corrected chi connectivity index (χ4v) is 4.50. The van der Waals surface area contributed by atoms with Gasteiger partial charge in [0.2, 0.25) is 0 Å². The molecule has 0 N–H and O–H groups in total. The predicted octanol–water partition coefficient (Wildman–Crippen LogP) is 3.10. The van der Waals surface area contributed by atoms with E-state index in [1.807, 2.05) is 18.9 Å². The van der Waals surface area contributed by atoms with Crippen LogP contribution in [0.4, 0.5) is 0 Å². The topological polar surface area (TPSA) is 55.6 Å². The second-order valence-electron chi connectivity index (χ2n) is 6.75. The van der Waals surface area contributed by atoms with Crippen molar-refractivity contribution in [2.45, 2.75) is 65.0 Å². The van der Waals surface area contributed by atoms with E-state index in [4.69, 9.17) is 9.26 Å². The van der Waals surface area contributed by atoms with Crippen LogP contribution in [0.5, 0.6) is 0 Å². The number of hydrogen-bond donors (Lipinski definition) is 0. The minimum atomic E-state index is 0.0301. The zero-order valence-corrected chi connectivity index (χ0v) is 14.0. The van der Waals surface area contributed by atoms with Crippen molar-refractivity contribution in [3.05, 3.63) is 17.0 Å². The van der Waals surface area contributed by atoms with Gasteiger partial charge in [0.15, 0.2) is 0 Å². The molecule has 0 aromatic carbocycles. The van der Waals surface area contributed by atoms with Gasteiger partial charge >= 0.3 is 0 Å². The van der Waals surface area contributed by atoms with E-state index in [1.54, 1.807) is 6.92 Å². The SMILES string of the molecule is CCOC1CC(N(C)C(=O)c2c(C)noc2C)C12CCCC2. The second kappa shape index (κ2) is 5.69. The third kappa shape index (κ3) is 2.18. The van der Waals surface area contributed by atoms with E-state index >= 15 is 0 Å². The van der Waals surface area contributed by atoms with Crippen molar-refractivity contribution >= 4 is 5.91 Å². The molecule has 2 fully saturated rings. The van der Waals surface area contributed by atoms with Gasteiger partial charge in [-0.05, 0) is 40.0 Å². The largest absolute Gasteiger partial charge is 0.378 e. The summed E-state index contributed by atoms with van der Waals surface area (Å²) in [6.45, 7) is 6.43. The van der Waals surface area contributed by atoms with Crippen molar-refractivity contribution in [3.8, 4) is 0 Å². The van der Waals surface area contributed by atoms with Crippen LogP contribution in [0.2, 0.25) is 0 Å². The molecule has 0 bridgehead atoms. The molecule has 1 heterocycles. The van der Waals surface area contributed by atoms with Gasteiger partial charge in [0, 0.05) is 25.1 Å². The maximum Gasteiger partial charge on any atom is 0.259 e. The lowest BCUT2D eigenvalue weighted by Crippen LogP contribution is -2.64. The highest BCUT2D eigenvalue weighted by Gasteiger charge is 2.59. The lowest BCUT2D eigenvalue weighted by molar-refractivity contribution is -0.152. The van der Waals surface area contributed by atoms with Gasteiger partial charge in [-0.3, -0.25) is 4.79 Å². The van der Waals surface area contributed by atoms with Gasteiger partial charge < -0.3 is 14.2 Å². The van der Waals surface area contributed by atoms with Crippen molar-refractivity contribution in [1.82, 2.24) is 10.1 Å². The van der Waals surface area contributed by atoms with Gasteiger partial charge in [-0.2, -0.15) is 0 Å². The molecular formula is C17H26N2O3. The van der Waals surface area contributed by atoms with E-state index in [0.717, 1.165) is 13.0 Å². The molecule has 1 aromatic heterocycles. The first-order valence-electron chi connectivity index (χ1n) is 8.33. The van der Waals surface area contributed by atoms with Crippen LogP contribution in [-0.4, -0.2) is 41.8 Å². The Labute approximate surface area is 132 Å². The van der Waals surface area contributed by atoms with Crippen molar-refractivity contribution < 1.29 is 14.1 Å². The van der Waals surface area contributed by atoms with Gasteiger partial charge in [-0.25, -0.2) is 0 Å². The summed E-state index contributed by atoms with van der Waals surface area (Å²) >= 11 is 0. The van der Waals surface area contributed by atoms with Gasteiger partial charge in [0.1, 0.15) is 11.3 Å². The molecule has 22 heavy (non-hydrogen) atoms. The number of amides is 1. The fraction of sp³-hybridized carbons (Fsp3) is 0.765. The highest BCUT2D eigenvalue weighted by Crippen LogP contribution is 2.56. The average Bonchev–Trinajstić information content (AvgIpc) is 3.11. The summed E-state index contributed by atoms with van der Waals surface area (Å²) in [6.07, 6.45) is 6.08. The molecule has 1 spiro atoms. The summed E-state index contributed by atoms with van der Waals surface area (Å²) in [5.41, 5.74) is 1.46. The van der Waals surface area contributed by atoms with E-state index in [9.17, 15) is 4.79 Å². The van der Waals surface area contributed by atoms with E-state index in [0.29, 0.717) is 23.1 Å². The maximum atomic E-state index is 12.9. The standard InChI is InChI=1S/C17H26N2O3/c1-5-21-14-10-13(17(14)8-6-7-9-17)19(4)16(20)15-11(2)18-22-12(15)3/h13-14H,5-10H2,1-4H3. The van der Waals surface area contributed by atoms with E-state index in [2.05, 4.69) is 12.1 Å². The number of aryl methyl sites for hydroxylation is 2. The van der Waals surface area contributed by atoms with Gasteiger partial charge in [0.05, 0.1) is 11.8 Å². The number of rotatable bonds is 4. The number of hydrogen-bond acceptors (Lipinski definition) is 4. The second-order valence-corrected chi connectivity index (χ2v) is 6.75. The molecule has 5 nitrogen and oxygen atoms in total. The molecule has 5 heteroatoms. The van der Waals surface area contributed by atoms with Crippen molar-refractivity contribution in [3.63, 3.8) is 0 Å². The third-order valence-corrected chi connectivity index (χ3v) is 5.68. The molecule has 1 amide bonds. The molecule has 2 unspecified atom stereocenters. The predicted molar refractivity (Wildman–Crippen MR) is 82.8 cm³/mol. The number of carbonyl (C=O) groups is 1. The first kappa shape index (κ1) is 15.5. The minimum absolute atomic E-state index is 0.0301. The number of nitrogens with zero attached hydrogens (tertiary/aromatic N) is 2. The van der Waals surface area contributed by atoms with Gasteiger partial charge in [-0.15, -0.1) is 0 Å². The Morgan fingerprint density at radius 3 is 2.64 bits per heavy atom. The quantitative estimate of drug-likeness (QED) is 0.857. The molecule has 1 aromatic rings. The molecule has 2 saturated carbocycles. The molecule has 0 aliphatic heterocycles. The van der Waals surface area contributed by atoms with Crippen LogP contribution in [-0.2, 0) is 4.74 Å². The minimum Gasteiger partial charge on any atom is -0.378 e. The van der Waals surface area contributed by atoms with Crippen LogP contribution < -0.4 is 0 Å². The van der Waals surface area contributed by atoms with Gasteiger partial charge in [0.25, 0.3) is 5.91 Å². The monoisotopic (exact) mass is 306 g/mol. The van der Waals surface area contributed by atoms with E-state index < -0.39 is 0 Å². The number of ether oxygens (including phenoxy) is 1. The van der Waals surface area contributed by atoms with Crippen molar-refractivity contribution in [1.29, 1.82) is 0 Å². The Kier molecular flexibility index (Phi) is 4.02. The zero-order chi connectivity index (χ0) is 15.9. The Morgan fingerprint density at radius 2 is 2.09 bits per heavy atom. The van der Waals surface area contributed by atoms with Crippen LogP contribution in [0.1, 0.15) is 60.8 Å². The summed E-state index contributed by atoms with van der Waals surface area (Å²) < 4.78 is 11.1. The van der Waals surface area contributed by atoms with Crippen LogP contribution in [0.3, 0.4) is 0 Å². The lowest BCUT2D eigenvalue weighted by Gasteiger charge is -2.57. The first-order chi connectivity index (χ1) is 10.5. The molecule has 122 valence electrons. The van der Waals surface area contributed by atoms with Crippen LogP contribution in [0.15, 0.2) is 4.52 Å². The molecular weight excluding hydrogens is 280 g/mol. The Balaban J connectivity index is 1.80. The van der Waals surface area contributed by atoms with Crippen molar-refractivity contribution in [2.75, 3.05) is 13.7 Å². The highest BCUT2D eigenvalue weighted by atomic mass is 16.5. The van der Waals surface area contributed by atoms with Crippen molar-refractivity contribution in [2.24, 2.45) is 5.41 Å². The third-order valence-electron chi connectivity index (χ3n) is 5.68. The molecule has 2 atom stereocenters. The molecule has 0 saturated heterocycles. The number of carbonyl (C=O) groups excluding carboxylic acids is 1. The van der Waals surface area contributed by atoms with Crippen LogP contribution in [0.25, 0.3) is 0 Å². The average molecular weight is 306 g/mol. The molecule has 2 aliphatic carbocycles. The molecule has 3 rings (SSSR count). The Hall–Kier alpha value is -1.36. The number of aromatic nitrogens is 1. The summed E-state index contributed by atoms with van der Waals surface area (Å²) in [6, 6.07) is 0.271. The fourth-order valence-electron chi connectivity index (χ4n) is 4.50. The lowest BCUT2D eigenvalue weighted by atomic mass is 9.60. The zero-order valence-electron chi connectivity index (χ0n) is 14.0. The molecule has 2 aliphatic rings.